The molecule has 0 saturated heterocycles. The predicted octanol–water partition coefficient (Wildman–Crippen LogP) is 10.3. The van der Waals surface area contributed by atoms with E-state index in [0.717, 1.165) is 44.5 Å². The van der Waals surface area contributed by atoms with Crippen molar-refractivity contribution in [2.75, 3.05) is 13.1 Å². The molecule has 6 nitrogen and oxygen atoms in total. The van der Waals surface area contributed by atoms with Crippen LogP contribution in [0.2, 0.25) is 0 Å². The van der Waals surface area contributed by atoms with Crippen LogP contribution < -0.4 is 4.74 Å². The average molecular weight is 748 g/mol. The summed E-state index contributed by atoms with van der Waals surface area (Å²) < 4.78 is 6.06. The normalized spacial score (nSPS) is 23.3. The lowest BCUT2D eigenvalue weighted by Gasteiger charge is -2.46. The molecule has 8 heteroatoms. The maximum atomic E-state index is 14.3. The Bertz CT molecular complexity index is 2120. The summed E-state index contributed by atoms with van der Waals surface area (Å²) in [5.41, 5.74) is 1.79. The first-order valence-electron chi connectivity index (χ1n) is 18.8. The lowest BCUT2D eigenvalue weighted by Crippen LogP contribution is -2.54. The second-order valence-corrected chi connectivity index (χ2v) is 17.6. The molecule has 3 aliphatic carbocycles. The van der Waals surface area contributed by atoms with Crippen LogP contribution >= 0.6 is 22.7 Å². The molecule has 0 aliphatic heterocycles. The maximum absolute atomic E-state index is 14.3. The first kappa shape index (κ1) is 37.2. The van der Waals surface area contributed by atoms with E-state index in [2.05, 4.69) is 38.1 Å². The summed E-state index contributed by atoms with van der Waals surface area (Å²) >= 11 is 3.15. The van der Waals surface area contributed by atoms with Gasteiger partial charge in [-0.25, -0.2) is 4.79 Å². The van der Waals surface area contributed by atoms with E-state index in [1.807, 2.05) is 79.0 Å². The number of hydrogen-bond acceptors (Lipinski definition) is 7. The smallest absolute Gasteiger partial charge is 0.410 e. The fourth-order valence-corrected chi connectivity index (χ4v) is 10.1. The third-order valence-corrected chi connectivity index (χ3v) is 13.7. The minimum atomic E-state index is -1.26. The number of benzene rings is 3. The quantitative estimate of drug-likeness (QED) is 0.122. The predicted molar refractivity (Wildman–Crippen MR) is 215 cm³/mol. The number of hydrogen-bond donors (Lipinski definition) is 2. The van der Waals surface area contributed by atoms with E-state index in [9.17, 15) is 19.8 Å². The van der Waals surface area contributed by atoms with Gasteiger partial charge in [-0.3, -0.25) is 4.79 Å². The number of aliphatic hydroxyl groups is 2. The van der Waals surface area contributed by atoms with Crippen LogP contribution in [0.4, 0.5) is 4.79 Å². The number of thiophene rings is 2. The summed E-state index contributed by atoms with van der Waals surface area (Å²) in [4.78, 5) is 33.1. The highest BCUT2D eigenvalue weighted by atomic mass is 32.1. The van der Waals surface area contributed by atoms with Gasteiger partial charge in [0, 0.05) is 27.3 Å². The van der Waals surface area contributed by atoms with Crippen LogP contribution in [0.25, 0.3) is 10.8 Å². The van der Waals surface area contributed by atoms with E-state index in [0.29, 0.717) is 61.3 Å². The molecule has 276 valence electrons. The molecule has 0 radical (unpaired) electrons. The highest BCUT2D eigenvalue weighted by Gasteiger charge is 2.57. The fraction of sp³-hybridized carbons (Fsp3) is 0.378. The Morgan fingerprint density at radius 3 is 2.55 bits per heavy atom. The van der Waals surface area contributed by atoms with E-state index in [4.69, 9.17) is 4.74 Å². The van der Waals surface area contributed by atoms with E-state index >= 15 is 0 Å². The zero-order valence-corrected chi connectivity index (χ0v) is 32.5. The standard InChI is InChI=1S/C45H49NO5S2/c1-30-8-6-22-44(3)40(38-18-14-32(26-35(47)16-12-30)27-39(38)42(48)41-19-13-31(2)53-41)20-23-45(44,50)29-46(24-21-37-11-7-25-52-37)43(49)51-36-17-15-33-9-4-5-10-34(33)28-36/h4-5,7-11,13-15,17-19,25,27-28,35,40,47,50H,6,12,16,20-24,26,29H2,1-3H3. The van der Waals surface area contributed by atoms with Gasteiger partial charge in [-0.05, 0) is 135 Å². The monoisotopic (exact) mass is 747 g/mol. The molecule has 4 unspecified atom stereocenters. The number of carbonyl (C=O) groups excluding carboxylic acids is 2. The number of amides is 1. The Balaban J connectivity index is 1.26. The van der Waals surface area contributed by atoms with Gasteiger partial charge in [0.1, 0.15) is 5.75 Å². The minimum absolute atomic E-state index is 0.0217. The van der Waals surface area contributed by atoms with Crippen molar-refractivity contribution in [2.45, 2.75) is 89.8 Å². The number of aliphatic hydroxyl groups excluding tert-OH is 1. The van der Waals surface area contributed by atoms with Crippen LogP contribution in [-0.2, 0) is 12.8 Å². The van der Waals surface area contributed by atoms with E-state index in [1.54, 1.807) is 16.2 Å². The third-order valence-electron chi connectivity index (χ3n) is 11.7. The Morgan fingerprint density at radius 1 is 0.943 bits per heavy atom. The average Bonchev–Trinajstić information content (AvgIpc) is 3.89. The molecule has 0 spiro atoms. The number of fused-ring (bicyclic) bond motifs is 9. The van der Waals surface area contributed by atoms with Gasteiger partial charge in [-0.15, -0.1) is 22.7 Å². The number of rotatable bonds is 8. The molecular weight excluding hydrogens is 699 g/mol. The molecule has 53 heavy (non-hydrogen) atoms. The number of carbonyl (C=O) groups is 2. The van der Waals surface area contributed by atoms with Gasteiger partial charge in [0.2, 0.25) is 5.78 Å². The van der Waals surface area contributed by atoms with Crippen molar-refractivity contribution in [1.29, 1.82) is 0 Å². The summed E-state index contributed by atoms with van der Waals surface area (Å²) in [6, 6.07) is 27.7. The van der Waals surface area contributed by atoms with E-state index in [-0.39, 0.29) is 18.2 Å². The number of nitrogens with zero attached hydrogens (tertiary/aromatic N) is 1. The summed E-state index contributed by atoms with van der Waals surface area (Å²) in [7, 11) is 0. The Morgan fingerprint density at radius 2 is 1.77 bits per heavy atom. The first-order valence-corrected chi connectivity index (χ1v) is 20.5. The molecule has 1 amide bonds. The van der Waals surface area contributed by atoms with Gasteiger partial charge in [0.25, 0.3) is 0 Å². The molecular formula is C45H49NO5S2. The lowest BCUT2D eigenvalue weighted by molar-refractivity contribution is -0.0789. The highest BCUT2D eigenvalue weighted by Crippen LogP contribution is 2.59. The Hall–Kier alpha value is -4.08. The van der Waals surface area contributed by atoms with Crippen molar-refractivity contribution in [2.24, 2.45) is 5.41 Å². The third kappa shape index (κ3) is 8.07. The minimum Gasteiger partial charge on any atom is -0.410 e. The molecule has 2 N–H and O–H groups in total. The van der Waals surface area contributed by atoms with Crippen LogP contribution in [0.1, 0.15) is 94.4 Å². The molecule has 3 aliphatic rings. The van der Waals surface area contributed by atoms with Gasteiger partial charge in [0.15, 0.2) is 0 Å². The molecule has 4 atom stereocenters. The van der Waals surface area contributed by atoms with Crippen molar-refractivity contribution in [3.05, 3.63) is 133 Å². The Labute approximate surface area is 320 Å². The van der Waals surface area contributed by atoms with Crippen molar-refractivity contribution in [1.82, 2.24) is 4.90 Å². The van der Waals surface area contributed by atoms with Gasteiger partial charge in [-0.2, -0.15) is 0 Å². The number of ketones is 1. The molecule has 1 saturated carbocycles. The van der Waals surface area contributed by atoms with Crippen LogP contribution in [-0.4, -0.2) is 51.8 Å². The van der Waals surface area contributed by atoms with Crippen LogP contribution in [0.15, 0.2) is 102 Å². The topological polar surface area (TPSA) is 87.1 Å². The molecule has 1 fully saturated rings. The van der Waals surface area contributed by atoms with Crippen LogP contribution in [0, 0.1) is 12.3 Å². The molecule has 2 bridgehead atoms. The second kappa shape index (κ2) is 15.7. The first-order chi connectivity index (χ1) is 25.5. The van der Waals surface area contributed by atoms with Gasteiger partial charge >= 0.3 is 6.09 Å². The summed E-state index contributed by atoms with van der Waals surface area (Å²) in [5, 5.41) is 28.1. The molecule has 3 aromatic carbocycles. The van der Waals surface area contributed by atoms with Gasteiger partial charge < -0.3 is 19.8 Å². The molecule has 2 aromatic heterocycles. The SMILES string of the molecule is CC1=CCCC2(C)C(CCC2(O)CN(CCc2cccs2)C(=O)Oc2ccc3ccccc3c2)c2ccc(cc2C(=O)c2ccc(C)s2)CC(O)CC1. The maximum Gasteiger partial charge on any atom is 0.415 e. The molecule has 5 aromatic rings. The van der Waals surface area contributed by atoms with Gasteiger partial charge in [0.05, 0.1) is 23.1 Å². The Kier molecular flexibility index (Phi) is 11.0. The number of ether oxygens (including phenoxy) is 1. The molecule has 8 rings (SSSR count). The van der Waals surface area contributed by atoms with Crippen LogP contribution in [0.5, 0.6) is 5.75 Å². The summed E-state index contributed by atoms with van der Waals surface area (Å²) in [5.74, 6) is 0.304. The number of allylic oxidation sites excluding steroid dienone is 2. The van der Waals surface area contributed by atoms with E-state index in [1.165, 1.54) is 16.9 Å². The van der Waals surface area contributed by atoms with E-state index < -0.39 is 23.2 Å². The van der Waals surface area contributed by atoms with Crippen LogP contribution in [0.3, 0.4) is 0 Å². The van der Waals surface area contributed by atoms with Crippen molar-refractivity contribution < 1.29 is 24.5 Å². The van der Waals surface area contributed by atoms with Crippen molar-refractivity contribution in [3.63, 3.8) is 0 Å². The van der Waals surface area contributed by atoms with Crippen molar-refractivity contribution >= 4 is 45.3 Å². The fourth-order valence-electron chi connectivity index (χ4n) is 8.53. The summed E-state index contributed by atoms with van der Waals surface area (Å²) in [6.45, 7) is 6.78. The molecule has 2 heterocycles. The second-order valence-electron chi connectivity index (χ2n) is 15.3. The van der Waals surface area contributed by atoms with Crippen molar-refractivity contribution in [3.8, 4) is 5.75 Å². The van der Waals surface area contributed by atoms with Gasteiger partial charge in [-0.1, -0.05) is 67.1 Å². The number of aryl methyl sites for hydroxylation is 1. The zero-order valence-electron chi connectivity index (χ0n) is 30.8. The zero-order chi connectivity index (χ0) is 37.2. The largest absolute Gasteiger partial charge is 0.415 e. The highest BCUT2D eigenvalue weighted by molar-refractivity contribution is 7.14. The summed E-state index contributed by atoms with van der Waals surface area (Å²) in [6.07, 6.45) is 6.33. The lowest BCUT2D eigenvalue weighted by atomic mass is 9.64.